The first-order chi connectivity index (χ1) is 9.24. The van der Waals surface area contributed by atoms with Gasteiger partial charge in [0.1, 0.15) is 6.10 Å². The van der Waals surface area contributed by atoms with E-state index in [9.17, 15) is 4.79 Å². The minimum Gasteiger partial charge on any atom is -0.368 e. The molecule has 110 valence electrons. The van der Waals surface area contributed by atoms with Crippen LogP contribution in [-0.2, 0) is 9.53 Å². The molecular weight excluding hydrogens is 238 g/mol. The molecule has 0 amide bonds. The largest absolute Gasteiger partial charge is 0.368 e. The molecule has 0 aromatic rings. The number of nitrogens with zero attached hydrogens (tertiary/aromatic N) is 1. The van der Waals surface area contributed by atoms with E-state index in [-0.39, 0.29) is 12.0 Å². The number of hydrogen-bond donors (Lipinski definition) is 0. The third kappa shape index (κ3) is 4.03. The van der Waals surface area contributed by atoms with Gasteiger partial charge in [-0.2, -0.15) is 0 Å². The highest BCUT2D eigenvalue weighted by atomic mass is 16.5. The highest BCUT2D eigenvalue weighted by Gasteiger charge is 2.34. The van der Waals surface area contributed by atoms with Crippen molar-refractivity contribution in [2.24, 2.45) is 11.8 Å². The van der Waals surface area contributed by atoms with Crippen molar-refractivity contribution in [3.8, 4) is 0 Å². The molecule has 1 aliphatic heterocycles. The molecule has 3 unspecified atom stereocenters. The van der Waals surface area contributed by atoms with Crippen molar-refractivity contribution in [3.05, 3.63) is 0 Å². The van der Waals surface area contributed by atoms with Gasteiger partial charge in [-0.3, -0.25) is 9.69 Å². The summed E-state index contributed by atoms with van der Waals surface area (Å²) in [6.07, 6.45) is 6.94. The molecule has 1 heterocycles. The fourth-order valence-electron chi connectivity index (χ4n) is 3.58. The first kappa shape index (κ1) is 15.0. The lowest BCUT2D eigenvalue weighted by Crippen LogP contribution is -2.48. The van der Waals surface area contributed by atoms with Crippen LogP contribution in [0.15, 0.2) is 0 Å². The molecule has 0 aromatic carbocycles. The summed E-state index contributed by atoms with van der Waals surface area (Å²) in [5.74, 6) is 1.42. The quantitative estimate of drug-likeness (QED) is 0.767. The summed E-state index contributed by atoms with van der Waals surface area (Å²) in [5, 5.41) is 0. The van der Waals surface area contributed by atoms with E-state index in [1.165, 1.54) is 19.3 Å². The Balaban J connectivity index is 1.87. The number of carbonyl (C=O) groups excluding carboxylic acids is 1. The first-order valence-corrected chi connectivity index (χ1v) is 8.12. The lowest BCUT2D eigenvalue weighted by Gasteiger charge is -2.35. The molecule has 3 atom stereocenters. The lowest BCUT2D eigenvalue weighted by atomic mass is 9.77. The maximum atomic E-state index is 12.6. The fourth-order valence-corrected chi connectivity index (χ4v) is 3.58. The van der Waals surface area contributed by atoms with Crippen molar-refractivity contribution >= 4 is 5.78 Å². The predicted molar refractivity (Wildman–Crippen MR) is 77.2 cm³/mol. The zero-order valence-electron chi connectivity index (χ0n) is 12.6. The molecule has 0 bridgehead atoms. The summed E-state index contributed by atoms with van der Waals surface area (Å²) < 4.78 is 5.75. The molecule has 2 rings (SSSR count). The van der Waals surface area contributed by atoms with E-state index < -0.39 is 0 Å². The molecule has 0 aromatic heterocycles. The molecule has 2 aliphatic rings. The van der Waals surface area contributed by atoms with E-state index in [0.717, 1.165) is 51.4 Å². The maximum absolute atomic E-state index is 12.6. The topological polar surface area (TPSA) is 29.5 Å². The standard InChI is InChI=1S/C16H29NO2/c1-3-8-17-9-10-19-15(12-17)16(18)14-7-5-6-13(4-2)11-14/h13-15H,3-12H2,1-2H3. The number of hydrogen-bond acceptors (Lipinski definition) is 3. The SMILES string of the molecule is CCCN1CCOC(C(=O)C2CCCC(CC)C2)C1. The second kappa shape index (κ2) is 7.39. The van der Waals surface area contributed by atoms with Crippen molar-refractivity contribution in [1.82, 2.24) is 4.90 Å². The Bertz CT molecular complexity index is 290. The second-order valence-electron chi connectivity index (χ2n) is 6.20. The molecular formula is C16H29NO2. The average molecular weight is 267 g/mol. The maximum Gasteiger partial charge on any atom is 0.165 e. The molecule has 0 radical (unpaired) electrons. The van der Waals surface area contributed by atoms with Crippen molar-refractivity contribution in [3.63, 3.8) is 0 Å². The van der Waals surface area contributed by atoms with Crippen LogP contribution in [0.25, 0.3) is 0 Å². The van der Waals surface area contributed by atoms with E-state index in [4.69, 9.17) is 4.74 Å². The summed E-state index contributed by atoms with van der Waals surface area (Å²) in [4.78, 5) is 15.0. The smallest absolute Gasteiger partial charge is 0.165 e. The van der Waals surface area contributed by atoms with Crippen molar-refractivity contribution in [2.75, 3.05) is 26.2 Å². The van der Waals surface area contributed by atoms with Gasteiger partial charge < -0.3 is 4.74 Å². The predicted octanol–water partition coefficient (Wildman–Crippen LogP) is 2.88. The minimum absolute atomic E-state index is 0.152. The van der Waals surface area contributed by atoms with Gasteiger partial charge in [-0.05, 0) is 31.7 Å². The van der Waals surface area contributed by atoms with Crippen molar-refractivity contribution in [2.45, 2.75) is 58.5 Å². The van der Waals surface area contributed by atoms with Gasteiger partial charge in [0.2, 0.25) is 0 Å². The summed E-state index contributed by atoms with van der Waals surface area (Å²) >= 11 is 0. The van der Waals surface area contributed by atoms with Crippen LogP contribution >= 0.6 is 0 Å². The number of Topliss-reactive ketones (excluding diaryl/α,β-unsaturated/α-hetero) is 1. The molecule has 1 saturated carbocycles. The Morgan fingerprint density at radius 1 is 1.32 bits per heavy atom. The molecule has 2 fully saturated rings. The monoisotopic (exact) mass is 267 g/mol. The first-order valence-electron chi connectivity index (χ1n) is 8.12. The zero-order valence-corrected chi connectivity index (χ0v) is 12.6. The fraction of sp³-hybridized carbons (Fsp3) is 0.938. The molecule has 3 heteroatoms. The van der Waals surface area contributed by atoms with Gasteiger partial charge in [0.05, 0.1) is 6.61 Å². The summed E-state index contributed by atoms with van der Waals surface area (Å²) in [7, 11) is 0. The van der Waals surface area contributed by atoms with Crippen LogP contribution in [0.5, 0.6) is 0 Å². The second-order valence-corrected chi connectivity index (χ2v) is 6.20. The van der Waals surface area contributed by atoms with E-state index in [2.05, 4.69) is 18.7 Å². The molecule has 19 heavy (non-hydrogen) atoms. The number of morpholine rings is 1. The van der Waals surface area contributed by atoms with E-state index in [1.807, 2.05) is 0 Å². The highest BCUT2D eigenvalue weighted by molar-refractivity contribution is 5.85. The molecule has 0 spiro atoms. The minimum atomic E-state index is -0.152. The van der Waals surface area contributed by atoms with Gasteiger partial charge in [0, 0.05) is 19.0 Å². The molecule has 3 nitrogen and oxygen atoms in total. The third-order valence-electron chi connectivity index (χ3n) is 4.77. The normalized spacial score (nSPS) is 33.3. The van der Waals surface area contributed by atoms with Crippen LogP contribution in [0.1, 0.15) is 52.4 Å². The Morgan fingerprint density at radius 3 is 2.89 bits per heavy atom. The Kier molecular flexibility index (Phi) is 5.83. The van der Waals surface area contributed by atoms with E-state index in [1.54, 1.807) is 0 Å². The Hall–Kier alpha value is -0.410. The molecule has 1 aliphatic carbocycles. The Morgan fingerprint density at radius 2 is 2.16 bits per heavy atom. The lowest BCUT2D eigenvalue weighted by molar-refractivity contribution is -0.141. The Labute approximate surface area is 117 Å². The van der Waals surface area contributed by atoms with Crippen LogP contribution in [0.4, 0.5) is 0 Å². The number of rotatable bonds is 5. The number of ketones is 1. The molecule has 1 saturated heterocycles. The third-order valence-corrected chi connectivity index (χ3v) is 4.77. The molecule has 0 N–H and O–H groups in total. The van der Waals surface area contributed by atoms with E-state index in [0.29, 0.717) is 5.78 Å². The van der Waals surface area contributed by atoms with Crippen molar-refractivity contribution < 1.29 is 9.53 Å². The van der Waals surface area contributed by atoms with Crippen LogP contribution in [0.2, 0.25) is 0 Å². The van der Waals surface area contributed by atoms with Gasteiger partial charge >= 0.3 is 0 Å². The van der Waals surface area contributed by atoms with Crippen LogP contribution in [0.3, 0.4) is 0 Å². The van der Waals surface area contributed by atoms with Gasteiger partial charge in [-0.25, -0.2) is 0 Å². The van der Waals surface area contributed by atoms with Gasteiger partial charge in [0.25, 0.3) is 0 Å². The van der Waals surface area contributed by atoms with Crippen LogP contribution < -0.4 is 0 Å². The highest BCUT2D eigenvalue weighted by Crippen LogP contribution is 2.32. The summed E-state index contributed by atoms with van der Waals surface area (Å²) in [5.41, 5.74) is 0. The summed E-state index contributed by atoms with van der Waals surface area (Å²) in [6.45, 7) is 8.06. The summed E-state index contributed by atoms with van der Waals surface area (Å²) in [6, 6.07) is 0. The van der Waals surface area contributed by atoms with Gasteiger partial charge in [-0.15, -0.1) is 0 Å². The van der Waals surface area contributed by atoms with Gasteiger partial charge in [-0.1, -0.05) is 33.1 Å². The number of carbonyl (C=O) groups is 1. The number of ether oxygens (including phenoxy) is 1. The van der Waals surface area contributed by atoms with Gasteiger partial charge in [0.15, 0.2) is 5.78 Å². The average Bonchev–Trinajstić information content (AvgIpc) is 2.47. The van der Waals surface area contributed by atoms with E-state index >= 15 is 0 Å². The van der Waals surface area contributed by atoms with Crippen LogP contribution in [-0.4, -0.2) is 43.0 Å². The van der Waals surface area contributed by atoms with Crippen LogP contribution in [0, 0.1) is 11.8 Å². The van der Waals surface area contributed by atoms with Crippen molar-refractivity contribution in [1.29, 1.82) is 0 Å². The zero-order chi connectivity index (χ0) is 13.7.